The van der Waals surface area contributed by atoms with Gasteiger partial charge in [-0.05, 0) is 36.6 Å². The number of carbonyl (C=O) groups excluding carboxylic acids is 2. The Morgan fingerprint density at radius 1 is 1.29 bits per heavy atom. The quantitative estimate of drug-likeness (QED) is 0.859. The van der Waals surface area contributed by atoms with Crippen LogP contribution in [0.2, 0.25) is 0 Å². The first-order valence-electron chi connectivity index (χ1n) is 8.13. The molecule has 0 radical (unpaired) electrons. The van der Waals surface area contributed by atoms with Crippen LogP contribution in [-0.2, 0) is 11.3 Å². The number of ether oxygens (including phenoxy) is 2. The fourth-order valence-corrected chi connectivity index (χ4v) is 3.37. The summed E-state index contributed by atoms with van der Waals surface area (Å²) < 4.78 is 10.5. The van der Waals surface area contributed by atoms with Crippen molar-refractivity contribution in [2.24, 2.45) is 11.8 Å². The number of methoxy groups -OCH3 is 2. The summed E-state index contributed by atoms with van der Waals surface area (Å²) in [5.74, 6) is 1.44. The highest BCUT2D eigenvalue weighted by molar-refractivity contribution is 5.96. The molecule has 2 aliphatic rings. The van der Waals surface area contributed by atoms with Crippen LogP contribution in [-0.4, -0.2) is 50.7 Å². The molecule has 0 saturated carbocycles. The number of piperidine rings is 2. The first-order chi connectivity index (χ1) is 11.6. The van der Waals surface area contributed by atoms with E-state index >= 15 is 0 Å². The van der Waals surface area contributed by atoms with Crippen molar-refractivity contribution in [1.29, 1.82) is 0 Å². The van der Waals surface area contributed by atoms with Crippen molar-refractivity contribution >= 4 is 11.9 Å². The Morgan fingerprint density at radius 3 is 2.83 bits per heavy atom. The first kappa shape index (κ1) is 16.6. The highest BCUT2D eigenvalue weighted by Crippen LogP contribution is 2.28. The summed E-state index contributed by atoms with van der Waals surface area (Å²) in [5, 5.41) is 6.08. The molecule has 0 aromatic heterocycles. The van der Waals surface area contributed by atoms with Crippen LogP contribution in [0.25, 0.3) is 0 Å². The lowest BCUT2D eigenvalue weighted by Crippen LogP contribution is -2.58. The van der Waals surface area contributed by atoms with Crippen LogP contribution in [0.5, 0.6) is 11.5 Å². The fourth-order valence-electron chi connectivity index (χ4n) is 3.37. The van der Waals surface area contributed by atoms with Crippen molar-refractivity contribution in [2.45, 2.75) is 13.0 Å². The van der Waals surface area contributed by atoms with Gasteiger partial charge in [0.05, 0.1) is 20.1 Å². The molecule has 0 unspecified atom stereocenters. The number of hydrogen-bond acceptors (Lipinski definition) is 5. The standard InChI is InChI=1S/C17H23N3O4/c1-23-14-4-3-11(6-15(14)24-2)8-19-17(22)20-10-12-5-13(16(20)21)9-18-7-12/h3-4,6,12-13,18H,5,7-10H2,1-2H3,(H,19,22)/t12-,13+/m1/s1. The van der Waals surface area contributed by atoms with Gasteiger partial charge >= 0.3 is 6.03 Å². The van der Waals surface area contributed by atoms with E-state index in [4.69, 9.17) is 9.47 Å². The third-order valence-corrected chi connectivity index (χ3v) is 4.63. The SMILES string of the molecule is COc1ccc(CNC(=O)N2C[C@H]3CNC[C@H](C3)C2=O)cc1OC. The molecule has 2 heterocycles. The molecule has 130 valence electrons. The summed E-state index contributed by atoms with van der Waals surface area (Å²) >= 11 is 0. The van der Waals surface area contributed by atoms with E-state index in [1.165, 1.54) is 4.90 Å². The van der Waals surface area contributed by atoms with Crippen molar-refractivity contribution < 1.29 is 19.1 Å². The number of nitrogens with zero attached hydrogens (tertiary/aromatic N) is 1. The smallest absolute Gasteiger partial charge is 0.324 e. The predicted molar refractivity (Wildman–Crippen MR) is 88.0 cm³/mol. The molecule has 3 rings (SSSR count). The number of imide groups is 1. The molecule has 7 heteroatoms. The van der Waals surface area contributed by atoms with Gasteiger partial charge in [0, 0.05) is 19.6 Å². The normalized spacial score (nSPS) is 22.9. The van der Waals surface area contributed by atoms with Gasteiger partial charge in [-0.25, -0.2) is 4.79 Å². The molecule has 24 heavy (non-hydrogen) atoms. The minimum absolute atomic E-state index is 0.0793. The van der Waals surface area contributed by atoms with Crippen molar-refractivity contribution in [3.8, 4) is 11.5 Å². The Balaban J connectivity index is 1.62. The lowest BCUT2D eigenvalue weighted by molar-refractivity contribution is -0.137. The number of carbonyl (C=O) groups is 2. The number of urea groups is 1. The van der Waals surface area contributed by atoms with E-state index in [1.807, 2.05) is 12.1 Å². The molecule has 2 aliphatic heterocycles. The molecular weight excluding hydrogens is 310 g/mol. The number of rotatable bonds is 4. The van der Waals surface area contributed by atoms with Gasteiger partial charge in [-0.2, -0.15) is 0 Å². The molecule has 2 atom stereocenters. The molecule has 1 aromatic carbocycles. The Hall–Kier alpha value is -2.28. The van der Waals surface area contributed by atoms with Gasteiger partial charge in [0.15, 0.2) is 11.5 Å². The number of fused-ring (bicyclic) bond motifs is 2. The molecule has 2 fully saturated rings. The third-order valence-electron chi connectivity index (χ3n) is 4.63. The zero-order valence-electron chi connectivity index (χ0n) is 14.0. The van der Waals surface area contributed by atoms with Crippen LogP contribution in [0.3, 0.4) is 0 Å². The van der Waals surface area contributed by atoms with Gasteiger partial charge in [0.1, 0.15) is 0 Å². The van der Waals surface area contributed by atoms with Crippen LogP contribution in [0.15, 0.2) is 18.2 Å². The van der Waals surface area contributed by atoms with Crippen LogP contribution in [0.4, 0.5) is 4.79 Å². The number of hydrogen-bond donors (Lipinski definition) is 2. The van der Waals surface area contributed by atoms with Gasteiger partial charge < -0.3 is 20.1 Å². The molecule has 3 amide bonds. The molecule has 0 spiro atoms. The van der Waals surface area contributed by atoms with E-state index in [-0.39, 0.29) is 17.9 Å². The Kier molecular flexibility index (Phi) is 4.89. The number of amides is 3. The van der Waals surface area contributed by atoms with Crippen LogP contribution in [0, 0.1) is 11.8 Å². The Bertz CT molecular complexity index is 634. The molecule has 2 N–H and O–H groups in total. The van der Waals surface area contributed by atoms with E-state index in [0.717, 1.165) is 18.5 Å². The lowest BCUT2D eigenvalue weighted by Gasteiger charge is -2.39. The predicted octanol–water partition coefficient (Wildman–Crippen LogP) is 0.981. The van der Waals surface area contributed by atoms with E-state index in [9.17, 15) is 9.59 Å². The first-order valence-corrected chi connectivity index (χ1v) is 8.13. The average molecular weight is 333 g/mol. The average Bonchev–Trinajstić information content (AvgIpc) is 2.62. The zero-order valence-corrected chi connectivity index (χ0v) is 14.0. The van der Waals surface area contributed by atoms with Crippen LogP contribution in [0.1, 0.15) is 12.0 Å². The van der Waals surface area contributed by atoms with Gasteiger partial charge in [-0.15, -0.1) is 0 Å². The molecule has 2 saturated heterocycles. The van der Waals surface area contributed by atoms with E-state index in [0.29, 0.717) is 37.1 Å². The summed E-state index contributed by atoms with van der Waals surface area (Å²) in [6, 6.07) is 5.14. The molecule has 0 aliphatic carbocycles. The maximum absolute atomic E-state index is 12.4. The molecule has 2 bridgehead atoms. The van der Waals surface area contributed by atoms with Crippen molar-refractivity contribution in [3.63, 3.8) is 0 Å². The van der Waals surface area contributed by atoms with E-state index < -0.39 is 0 Å². The monoisotopic (exact) mass is 333 g/mol. The summed E-state index contributed by atoms with van der Waals surface area (Å²) in [7, 11) is 3.15. The van der Waals surface area contributed by atoms with E-state index in [1.54, 1.807) is 20.3 Å². The summed E-state index contributed by atoms with van der Waals surface area (Å²) in [6.07, 6.45) is 0.880. The third kappa shape index (κ3) is 3.31. The number of nitrogens with one attached hydrogen (secondary N) is 2. The fraction of sp³-hybridized carbons (Fsp3) is 0.529. The highest BCUT2D eigenvalue weighted by atomic mass is 16.5. The van der Waals surface area contributed by atoms with Crippen molar-refractivity contribution in [2.75, 3.05) is 33.9 Å². The second-order valence-corrected chi connectivity index (χ2v) is 6.25. The summed E-state index contributed by atoms with van der Waals surface area (Å²) in [6.45, 7) is 2.34. The second-order valence-electron chi connectivity index (χ2n) is 6.25. The Labute approximate surface area is 141 Å². The molecular formula is C17H23N3O4. The van der Waals surface area contributed by atoms with Gasteiger partial charge in [-0.3, -0.25) is 9.69 Å². The lowest BCUT2D eigenvalue weighted by atomic mass is 9.85. The molecule has 1 aromatic rings. The maximum Gasteiger partial charge on any atom is 0.324 e. The number of benzene rings is 1. The molecule has 7 nitrogen and oxygen atoms in total. The van der Waals surface area contributed by atoms with Crippen molar-refractivity contribution in [3.05, 3.63) is 23.8 Å². The van der Waals surface area contributed by atoms with E-state index in [2.05, 4.69) is 10.6 Å². The minimum Gasteiger partial charge on any atom is -0.493 e. The second kappa shape index (κ2) is 7.09. The summed E-state index contributed by atoms with van der Waals surface area (Å²) in [5.41, 5.74) is 0.882. The zero-order chi connectivity index (χ0) is 17.1. The van der Waals surface area contributed by atoms with Gasteiger partial charge in [0.25, 0.3) is 0 Å². The Morgan fingerprint density at radius 2 is 2.08 bits per heavy atom. The van der Waals surface area contributed by atoms with Crippen molar-refractivity contribution in [1.82, 2.24) is 15.5 Å². The maximum atomic E-state index is 12.4. The topological polar surface area (TPSA) is 79.9 Å². The van der Waals surface area contributed by atoms with Gasteiger partial charge in [-0.1, -0.05) is 6.07 Å². The summed E-state index contributed by atoms with van der Waals surface area (Å²) in [4.78, 5) is 26.1. The largest absolute Gasteiger partial charge is 0.493 e. The van der Waals surface area contributed by atoms with Crippen LogP contribution < -0.4 is 20.1 Å². The number of likely N-dealkylation sites (tertiary alicyclic amines) is 1. The van der Waals surface area contributed by atoms with Crippen LogP contribution >= 0.6 is 0 Å². The highest BCUT2D eigenvalue weighted by Gasteiger charge is 2.39. The minimum atomic E-state index is -0.327. The van der Waals surface area contributed by atoms with Gasteiger partial charge in [0.2, 0.25) is 5.91 Å².